The predicted octanol–water partition coefficient (Wildman–Crippen LogP) is 0.607. The highest BCUT2D eigenvalue weighted by Crippen LogP contribution is 2.16. The van der Waals surface area contributed by atoms with Crippen LogP contribution >= 0.6 is 0 Å². The van der Waals surface area contributed by atoms with Crippen molar-refractivity contribution in [1.29, 1.82) is 0 Å². The van der Waals surface area contributed by atoms with Gasteiger partial charge < -0.3 is 15.4 Å². The van der Waals surface area contributed by atoms with Gasteiger partial charge in [-0.25, -0.2) is 0 Å². The van der Waals surface area contributed by atoms with Crippen molar-refractivity contribution in [3.63, 3.8) is 0 Å². The predicted molar refractivity (Wildman–Crippen MR) is 78.8 cm³/mol. The first kappa shape index (κ1) is 14.8. The Morgan fingerprint density at radius 2 is 2.20 bits per heavy atom. The summed E-state index contributed by atoms with van der Waals surface area (Å²) in [6, 6.07) is 7.75. The Morgan fingerprint density at radius 1 is 1.35 bits per heavy atom. The molecule has 1 aromatic rings. The largest absolute Gasteiger partial charge is 0.496 e. The van der Waals surface area contributed by atoms with E-state index >= 15 is 0 Å². The summed E-state index contributed by atoms with van der Waals surface area (Å²) in [7, 11) is 1.64. The van der Waals surface area contributed by atoms with Gasteiger partial charge in [-0.2, -0.15) is 0 Å². The molecule has 0 aliphatic carbocycles. The highest BCUT2D eigenvalue weighted by Gasteiger charge is 2.12. The molecule has 0 radical (unpaired) electrons. The van der Waals surface area contributed by atoms with Gasteiger partial charge in [0.2, 0.25) is 5.91 Å². The first-order valence-electron chi connectivity index (χ1n) is 7.11. The molecular formula is C15H23N3O2. The zero-order valence-electron chi connectivity index (χ0n) is 12.0. The van der Waals surface area contributed by atoms with Gasteiger partial charge >= 0.3 is 0 Å². The standard InChI is InChI=1S/C15H23N3O2/c1-20-14-6-3-2-5-13(14)11-17-15(19)12-18-9-4-7-16-8-10-18/h2-3,5-6,16H,4,7-12H2,1H3,(H,17,19). The second-order valence-corrected chi connectivity index (χ2v) is 4.97. The van der Waals surface area contributed by atoms with E-state index in [1.807, 2.05) is 24.3 Å². The molecule has 5 nitrogen and oxygen atoms in total. The van der Waals surface area contributed by atoms with Crippen LogP contribution in [-0.4, -0.2) is 50.6 Å². The van der Waals surface area contributed by atoms with E-state index in [4.69, 9.17) is 4.74 Å². The molecule has 1 amide bonds. The average molecular weight is 277 g/mol. The molecule has 2 rings (SSSR count). The topological polar surface area (TPSA) is 53.6 Å². The molecular weight excluding hydrogens is 254 g/mol. The van der Waals surface area contributed by atoms with Crippen LogP contribution in [0.3, 0.4) is 0 Å². The number of carbonyl (C=O) groups is 1. The summed E-state index contributed by atoms with van der Waals surface area (Å²) in [6.07, 6.45) is 1.10. The SMILES string of the molecule is COc1ccccc1CNC(=O)CN1CCCNCC1. The van der Waals surface area contributed by atoms with Gasteiger partial charge in [0, 0.05) is 25.2 Å². The average Bonchev–Trinajstić information content (AvgIpc) is 2.74. The lowest BCUT2D eigenvalue weighted by Crippen LogP contribution is -2.38. The lowest BCUT2D eigenvalue weighted by atomic mass is 10.2. The summed E-state index contributed by atoms with van der Waals surface area (Å²) in [5.41, 5.74) is 1.00. The molecule has 0 spiro atoms. The smallest absolute Gasteiger partial charge is 0.234 e. The molecule has 110 valence electrons. The molecule has 5 heteroatoms. The third-order valence-electron chi connectivity index (χ3n) is 3.47. The third kappa shape index (κ3) is 4.51. The van der Waals surface area contributed by atoms with Crippen LogP contribution in [-0.2, 0) is 11.3 Å². The van der Waals surface area contributed by atoms with E-state index in [9.17, 15) is 4.79 Å². The Labute approximate surface area is 120 Å². The van der Waals surface area contributed by atoms with E-state index in [2.05, 4.69) is 15.5 Å². The minimum Gasteiger partial charge on any atom is -0.496 e. The maximum atomic E-state index is 12.0. The number of carbonyl (C=O) groups excluding carboxylic acids is 1. The summed E-state index contributed by atoms with van der Waals surface area (Å²) in [5, 5.41) is 6.29. The van der Waals surface area contributed by atoms with Crippen LogP contribution in [0.4, 0.5) is 0 Å². The number of rotatable bonds is 5. The van der Waals surface area contributed by atoms with Crippen LogP contribution in [0, 0.1) is 0 Å². The minimum atomic E-state index is 0.0674. The molecule has 0 saturated carbocycles. The second-order valence-electron chi connectivity index (χ2n) is 4.97. The van der Waals surface area contributed by atoms with Crippen LogP contribution in [0.2, 0.25) is 0 Å². The van der Waals surface area contributed by atoms with Crippen molar-refractivity contribution < 1.29 is 9.53 Å². The van der Waals surface area contributed by atoms with Gasteiger partial charge in [0.25, 0.3) is 0 Å². The van der Waals surface area contributed by atoms with Crippen molar-refractivity contribution in [1.82, 2.24) is 15.5 Å². The summed E-state index contributed by atoms with van der Waals surface area (Å²) >= 11 is 0. The Morgan fingerprint density at radius 3 is 3.05 bits per heavy atom. The van der Waals surface area contributed by atoms with Gasteiger partial charge in [0.1, 0.15) is 5.75 Å². The number of para-hydroxylation sites is 1. The summed E-state index contributed by atoms with van der Waals surface area (Å²) in [5.74, 6) is 0.879. The van der Waals surface area contributed by atoms with Crippen molar-refractivity contribution >= 4 is 5.91 Å². The van der Waals surface area contributed by atoms with Crippen LogP contribution in [0.15, 0.2) is 24.3 Å². The monoisotopic (exact) mass is 277 g/mol. The Hall–Kier alpha value is -1.59. The molecule has 1 fully saturated rings. The number of methoxy groups -OCH3 is 1. The Balaban J connectivity index is 1.79. The molecule has 0 aromatic heterocycles. The first-order valence-corrected chi connectivity index (χ1v) is 7.11. The lowest BCUT2D eigenvalue weighted by molar-refractivity contribution is -0.122. The van der Waals surface area contributed by atoms with Crippen molar-refractivity contribution in [2.45, 2.75) is 13.0 Å². The first-order chi connectivity index (χ1) is 9.79. The van der Waals surface area contributed by atoms with Crippen LogP contribution in [0.1, 0.15) is 12.0 Å². The van der Waals surface area contributed by atoms with Crippen LogP contribution < -0.4 is 15.4 Å². The molecule has 1 aromatic carbocycles. The lowest BCUT2D eigenvalue weighted by Gasteiger charge is -2.18. The third-order valence-corrected chi connectivity index (χ3v) is 3.47. The van der Waals surface area contributed by atoms with Crippen molar-refractivity contribution in [3.05, 3.63) is 29.8 Å². The quantitative estimate of drug-likeness (QED) is 0.828. The van der Waals surface area contributed by atoms with Gasteiger partial charge in [-0.3, -0.25) is 9.69 Å². The Bertz CT molecular complexity index is 429. The molecule has 20 heavy (non-hydrogen) atoms. The van der Waals surface area contributed by atoms with E-state index in [0.717, 1.165) is 43.9 Å². The van der Waals surface area contributed by atoms with E-state index in [-0.39, 0.29) is 5.91 Å². The van der Waals surface area contributed by atoms with Crippen LogP contribution in [0.25, 0.3) is 0 Å². The zero-order chi connectivity index (χ0) is 14.2. The fourth-order valence-corrected chi connectivity index (χ4v) is 2.36. The van der Waals surface area contributed by atoms with Crippen molar-refractivity contribution in [2.24, 2.45) is 0 Å². The van der Waals surface area contributed by atoms with Crippen LogP contribution in [0.5, 0.6) is 5.75 Å². The van der Waals surface area contributed by atoms with E-state index in [1.165, 1.54) is 0 Å². The zero-order valence-corrected chi connectivity index (χ0v) is 12.0. The van der Waals surface area contributed by atoms with Gasteiger partial charge in [0.05, 0.1) is 13.7 Å². The molecule has 0 atom stereocenters. The van der Waals surface area contributed by atoms with Gasteiger partial charge in [-0.1, -0.05) is 18.2 Å². The number of hydrogen-bond acceptors (Lipinski definition) is 4. The maximum Gasteiger partial charge on any atom is 0.234 e. The summed E-state index contributed by atoms with van der Waals surface area (Å²) in [4.78, 5) is 14.2. The molecule has 1 heterocycles. The second kappa shape index (κ2) is 7.87. The highest BCUT2D eigenvalue weighted by molar-refractivity contribution is 5.78. The minimum absolute atomic E-state index is 0.0674. The number of nitrogens with zero attached hydrogens (tertiary/aromatic N) is 1. The number of nitrogens with one attached hydrogen (secondary N) is 2. The van der Waals surface area contributed by atoms with E-state index in [0.29, 0.717) is 13.1 Å². The Kier molecular flexibility index (Phi) is 5.83. The number of ether oxygens (including phenoxy) is 1. The fourth-order valence-electron chi connectivity index (χ4n) is 2.36. The molecule has 1 aliphatic heterocycles. The summed E-state index contributed by atoms with van der Waals surface area (Å²) < 4.78 is 5.27. The van der Waals surface area contributed by atoms with Gasteiger partial charge in [-0.05, 0) is 25.6 Å². The van der Waals surface area contributed by atoms with Crippen molar-refractivity contribution in [2.75, 3.05) is 39.8 Å². The molecule has 0 unspecified atom stereocenters. The fraction of sp³-hybridized carbons (Fsp3) is 0.533. The van der Waals surface area contributed by atoms with Gasteiger partial charge in [-0.15, -0.1) is 0 Å². The normalized spacial score (nSPS) is 16.4. The van der Waals surface area contributed by atoms with E-state index < -0.39 is 0 Å². The molecule has 1 saturated heterocycles. The number of amides is 1. The molecule has 0 bridgehead atoms. The van der Waals surface area contributed by atoms with E-state index in [1.54, 1.807) is 7.11 Å². The maximum absolute atomic E-state index is 12.0. The molecule has 1 aliphatic rings. The highest BCUT2D eigenvalue weighted by atomic mass is 16.5. The van der Waals surface area contributed by atoms with Gasteiger partial charge in [0.15, 0.2) is 0 Å². The molecule has 2 N–H and O–H groups in total. The number of hydrogen-bond donors (Lipinski definition) is 2. The number of benzene rings is 1. The van der Waals surface area contributed by atoms with Crippen molar-refractivity contribution in [3.8, 4) is 5.75 Å². The summed E-state index contributed by atoms with van der Waals surface area (Å²) in [6.45, 7) is 4.89.